The number of hydrogen-bond acceptors (Lipinski definition) is 0. The van der Waals surface area contributed by atoms with Crippen molar-refractivity contribution in [3.63, 3.8) is 0 Å². The van der Waals surface area contributed by atoms with Gasteiger partial charge >= 0.3 is 0 Å². The third kappa shape index (κ3) is 8.19. The fourth-order valence-electron chi connectivity index (χ4n) is 2.37. The van der Waals surface area contributed by atoms with Crippen LogP contribution in [0.3, 0.4) is 0 Å². The predicted molar refractivity (Wildman–Crippen MR) is 75.5 cm³/mol. The van der Waals surface area contributed by atoms with Crippen LogP contribution >= 0.6 is 0 Å². The van der Waals surface area contributed by atoms with Gasteiger partial charge in [0.15, 0.2) is 0 Å². The summed E-state index contributed by atoms with van der Waals surface area (Å²) in [7, 11) is 0. The zero-order chi connectivity index (χ0) is 12.4. The summed E-state index contributed by atoms with van der Waals surface area (Å²) in [5.74, 6) is 3.51. The number of hydrogen-bond donors (Lipinski definition) is 0. The van der Waals surface area contributed by atoms with Gasteiger partial charge in [-0.3, -0.25) is 0 Å². The molecule has 1 radical (unpaired) electrons. The van der Waals surface area contributed by atoms with E-state index in [4.69, 9.17) is 0 Å². The molecule has 0 heteroatoms. The summed E-state index contributed by atoms with van der Waals surface area (Å²) in [5.41, 5.74) is 0. The molecule has 0 aromatic carbocycles. The Kier molecular flexibility index (Phi) is 10.2. The van der Waals surface area contributed by atoms with Crippen LogP contribution < -0.4 is 0 Å². The van der Waals surface area contributed by atoms with Gasteiger partial charge in [-0.05, 0) is 24.2 Å². The molecule has 0 aromatic rings. The van der Waals surface area contributed by atoms with E-state index in [-0.39, 0.29) is 0 Å². The van der Waals surface area contributed by atoms with Crippen molar-refractivity contribution in [1.29, 1.82) is 0 Å². The summed E-state index contributed by atoms with van der Waals surface area (Å²) in [6.45, 7) is 11.6. The summed E-state index contributed by atoms with van der Waals surface area (Å²) >= 11 is 0. The first kappa shape index (κ1) is 16.0. The van der Waals surface area contributed by atoms with E-state index < -0.39 is 0 Å². The zero-order valence-corrected chi connectivity index (χ0v) is 12.3. The second-order valence-electron chi connectivity index (χ2n) is 5.68. The standard InChI is InChI=1S/C16H33/c1-6-15(5)12-10-8-9-11-13-16(7-2)14(3)4/h14,16H,6-13H2,1-5H3. The molecule has 0 aliphatic rings. The summed E-state index contributed by atoms with van der Waals surface area (Å²) in [5, 5.41) is 0. The van der Waals surface area contributed by atoms with Gasteiger partial charge < -0.3 is 0 Å². The largest absolute Gasteiger partial charge is 0.0651 e. The van der Waals surface area contributed by atoms with Crippen molar-refractivity contribution in [3.8, 4) is 0 Å². The molecule has 0 N–H and O–H groups in total. The lowest BCUT2D eigenvalue weighted by Gasteiger charge is -2.18. The highest BCUT2D eigenvalue weighted by Gasteiger charge is 2.09. The van der Waals surface area contributed by atoms with Crippen LogP contribution in [0.4, 0.5) is 0 Å². The van der Waals surface area contributed by atoms with E-state index in [1.165, 1.54) is 51.4 Å². The maximum atomic E-state index is 2.37. The molecule has 0 amide bonds. The Balaban J connectivity index is 3.32. The van der Waals surface area contributed by atoms with Crippen LogP contribution in [0, 0.1) is 17.8 Å². The SMILES string of the molecule is CC[C](C)CCCCCCC(CC)C(C)C. The van der Waals surface area contributed by atoms with Crippen molar-refractivity contribution in [3.05, 3.63) is 5.92 Å². The lowest BCUT2D eigenvalue weighted by atomic mass is 9.88. The Labute approximate surface area is 104 Å². The van der Waals surface area contributed by atoms with E-state index in [1.54, 1.807) is 5.92 Å². The highest BCUT2D eigenvalue weighted by Crippen LogP contribution is 2.22. The van der Waals surface area contributed by atoms with E-state index >= 15 is 0 Å². The first-order valence-corrected chi connectivity index (χ1v) is 7.43. The molecule has 0 aliphatic heterocycles. The fraction of sp³-hybridized carbons (Fsp3) is 0.938. The molecular weight excluding hydrogens is 192 g/mol. The van der Waals surface area contributed by atoms with Gasteiger partial charge in [0.1, 0.15) is 0 Å². The Morgan fingerprint density at radius 2 is 1.56 bits per heavy atom. The molecule has 0 aliphatic carbocycles. The highest BCUT2D eigenvalue weighted by atomic mass is 14.2. The van der Waals surface area contributed by atoms with Crippen molar-refractivity contribution >= 4 is 0 Å². The van der Waals surface area contributed by atoms with E-state index in [9.17, 15) is 0 Å². The molecular formula is C16H33. The maximum Gasteiger partial charge on any atom is -0.0275 e. The molecule has 0 saturated carbocycles. The second kappa shape index (κ2) is 10.2. The van der Waals surface area contributed by atoms with Gasteiger partial charge in [0, 0.05) is 0 Å². The minimum absolute atomic E-state index is 0.876. The van der Waals surface area contributed by atoms with Crippen LogP contribution in [0.15, 0.2) is 0 Å². The summed E-state index contributed by atoms with van der Waals surface area (Å²) in [6.07, 6.45) is 11.2. The third-order valence-corrected chi connectivity index (χ3v) is 4.00. The molecule has 0 nitrogen and oxygen atoms in total. The predicted octanol–water partition coefficient (Wildman–Crippen LogP) is 6.01. The van der Waals surface area contributed by atoms with Crippen LogP contribution in [0.2, 0.25) is 0 Å². The normalized spacial score (nSPS) is 13.7. The smallest absolute Gasteiger partial charge is 0.0275 e. The Hall–Kier alpha value is 0. The Morgan fingerprint density at radius 1 is 0.938 bits per heavy atom. The Bertz CT molecular complexity index is 137. The molecule has 0 rings (SSSR count). The van der Waals surface area contributed by atoms with Crippen LogP contribution in [0.25, 0.3) is 0 Å². The van der Waals surface area contributed by atoms with Gasteiger partial charge in [-0.15, -0.1) is 0 Å². The number of unbranched alkanes of at least 4 members (excludes halogenated alkanes) is 3. The average Bonchev–Trinajstić information content (AvgIpc) is 2.27. The molecule has 0 saturated heterocycles. The van der Waals surface area contributed by atoms with Gasteiger partial charge in [0.2, 0.25) is 0 Å². The molecule has 0 heterocycles. The topological polar surface area (TPSA) is 0 Å². The highest BCUT2D eigenvalue weighted by molar-refractivity contribution is 4.80. The monoisotopic (exact) mass is 225 g/mol. The van der Waals surface area contributed by atoms with Gasteiger partial charge in [-0.1, -0.05) is 79.6 Å². The van der Waals surface area contributed by atoms with Crippen LogP contribution in [-0.4, -0.2) is 0 Å². The van der Waals surface area contributed by atoms with Crippen LogP contribution in [0.1, 0.15) is 86.0 Å². The van der Waals surface area contributed by atoms with Gasteiger partial charge in [-0.2, -0.15) is 0 Å². The molecule has 16 heavy (non-hydrogen) atoms. The van der Waals surface area contributed by atoms with Crippen molar-refractivity contribution in [2.75, 3.05) is 0 Å². The molecule has 1 atom stereocenters. The molecule has 0 aromatic heterocycles. The first-order valence-electron chi connectivity index (χ1n) is 7.43. The summed E-state index contributed by atoms with van der Waals surface area (Å²) in [6, 6.07) is 0. The molecule has 1 unspecified atom stereocenters. The van der Waals surface area contributed by atoms with E-state index in [1.807, 2.05) is 0 Å². The fourth-order valence-corrected chi connectivity index (χ4v) is 2.37. The lowest BCUT2D eigenvalue weighted by molar-refractivity contribution is 0.335. The van der Waals surface area contributed by atoms with Crippen molar-refractivity contribution < 1.29 is 0 Å². The number of rotatable bonds is 10. The van der Waals surface area contributed by atoms with Crippen LogP contribution in [-0.2, 0) is 0 Å². The van der Waals surface area contributed by atoms with E-state index in [0.29, 0.717) is 0 Å². The first-order chi connectivity index (χ1) is 7.61. The second-order valence-corrected chi connectivity index (χ2v) is 5.68. The average molecular weight is 225 g/mol. The van der Waals surface area contributed by atoms with Crippen molar-refractivity contribution in [2.24, 2.45) is 11.8 Å². The van der Waals surface area contributed by atoms with E-state index in [2.05, 4.69) is 34.6 Å². The molecule has 0 bridgehead atoms. The van der Waals surface area contributed by atoms with Gasteiger partial charge in [0.25, 0.3) is 0 Å². The maximum absolute atomic E-state index is 2.37. The third-order valence-electron chi connectivity index (χ3n) is 4.00. The van der Waals surface area contributed by atoms with E-state index in [0.717, 1.165) is 11.8 Å². The van der Waals surface area contributed by atoms with Gasteiger partial charge in [0.05, 0.1) is 0 Å². The molecule has 0 spiro atoms. The molecule has 97 valence electrons. The van der Waals surface area contributed by atoms with Gasteiger partial charge in [-0.25, -0.2) is 0 Å². The summed E-state index contributed by atoms with van der Waals surface area (Å²) < 4.78 is 0. The van der Waals surface area contributed by atoms with Crippen molar-refractivity contribution in [1.82, 2.24) is 0 Å². The van der Waals surface area contributed by atoms with Crippen LogP contribution in [0.5, 0.6) is 0 Å². The lowest BCUT2D eigenvalue weighted by Crippen LogP contribution is -2.07. The minimum atomic E-state index is 0.876. The minimum Gasteiger partial charge on any atom is -0.0651 e. The zero-order valence-electron chi connectivity index (χ0n) is 12.3. The summed E-state index contributed by atoms with van der Waals surface area (Å²) in [4.78, 5) is 0. The Morgan fingerprint density at radius 3 is 2.06 bits per heavy atom. The van der Waals surface area contributed by atoms with Crippen molar-refractivity contribution in [2.45, 2.75) is 86.0 Å². The quantitative estimate of drug-likeness (QED) is 0.399. The molecule has 0 fully saturated rings.